The lowest BCUT2D eigenvalue weighted by Gasteiger charge is -2.51. The predicted molar refractivity (Wildman–Crippen MR) is 73.1 cm³/mol. The average molecular weight is 242 g/mol. The Kier molecular flexibility index (Phi) is 5.42. The highest BCUT2D eigenvalue weighted by Crippen LogP contribution is 2.33. The van der Waals surface area contributed by atoms with E-state index in [0.29, 0.717) is 18.5 Å². The van der Waals surface area contributed by atoms with Crippen LogP contribution in [0.25, 0.3) is 0 Å². The molecule has 0 aromatic carbocycles. The molecule has 1 heterocycles. The third-order valence-corrected chi connectivity index (χ3v) is 4.53. The van der Waals surface area contributed by atoms with Crippen molar-refractivity contribution in [2.45, 2.75) is 52.1 Å². The van der Waals surface area contributed by atoms with E-state index in [1.54, 1.807) is 7.11 Å². The maximum Gasteiger partial charge on any atom is 0.0661 e. The Morgan fingerprint density at radius 1 is 1.41 bits per heavy atom. The number of hydrogen-bond donors (Lipinski definition) is 1. The minimum Gasteiger partial charge on any atom is -0.383 e. The summed E-state index contributed by atoms with van der Waals surface area (Å²) < 4.78 is 5.47. The van der Waals surface area contributed by atoms with Crippen LogP contribution in [0.2, 0.25) is 0 Å². The van der Waals surface area contributed by atoms with Gasteiger partial charge < -0.3 is 10.5 Å². The molecule has 102 valence electrons. The molecule has 3 unspecified atom stereocenters. The maximum atomic E-state index is 6.10. The van der Waals surface area contributed by atoms with E-state index in [0.717, 1.165) is 19.1 Å². The van der Waals surface area contributed by atoms with Crippen molar-refractivity contribution >= 4 is 0 Å². The van der Waals surface area contributed by atoms with Gasteiger partial charge in [-0.05, 0) is 38.1 Å². The van der Waals surface area contributed by atoms with Crippen LogP contribution in [0.1, 0.15) is 40.5 Å². The highest BCUT2D eigenvalue weighted by atomic mass is 16.5. The van der Waals surface area contributed by atoms with E-state index < -0.39 is 0 Å². The lowest BCUT2D eigenvalue weighted by atomic mass is 9.80. The molecule has 0 aromatic rings. The monoisotopic (exact) mass is 242 g/mol. The van der Waals surface area contributed by atoms with Gasteiger partial charge >= 0.3 is 0 Å². The standard InChI is InChI=1S/C14H30N2O/c1-11(2)14(9-15,10-17-5)16-7-6-12(3)8-13(16)4/h11-13H,6-10,15H2,1-5H3. The molecular weight excluding hydrogens is 212 g/mol. The number of rotatable bonds is 5. The van der Waals surface area contributed by atoms with E-state index in [-0.39, 0.29) is 5.54 Å². The zero-order chi connectivity index (χ0) is 13.1. The molecule has 3 nitrogen and oxygen atoms in total. The van der Waals surface area contributed by atoms with Gasteiger partial charge in [0.1, 0.15) is 0 Å². The number of nitrogens with two attached hydrogens (primary N) is 1. The van der Waals surface area contributed by atoms with Crippen LogP contribution in [0.5, 0.6) is 0 Å². The fourth-order valence-electron chi connectivity index (χ4n) is 3.31. The fourth-order valence-corrected chi connectivity index (χ4v) is 3.31. The van der Waals surface area contributed by atoms with E-state index in [2.05, 4.69) is 32.6 Å². The second kappa shape index (κ2) is 6.17. The Morgan fingerprint density at radius 3 is 2.47 bits per heavy atom. The summed E-state index contributed by atoms with van der Waals surface area (Å²) in [5.41, 5.74) is 6.11. The summed E-state index contributed by atoms with van der Waals surface area (Å²) in [5, 5.41) is 0. The molecular formula is C14H30N2O. The van der Waals surface area contributed by atoms with Crippen LogP contribution in [-0.4, -0.2) is 43.3 Å². The van der Waals surface area contributed by atoms with Crippen LogP contribution in [0.3, 0.4) is 0 Å². The van der Waals surface area contributed by atoms with Crippen LogP contribution in [0.15, 0.2) is 0 Å². The molecule has 0 bridgehead atoms. The molecule has 1 aliphatic rings. The fraction of sp³-hybridized carbons (Fsp3) is 1.00. The van der Waals surface area contributed by atoms with Crippen LogP contribution in [0.4, 0.5) is 0 Å². The minimum absolute atomic E-state index is 0.00824. The van der Waals surface area contributed by atoms with E-state index in [1.807, 2.05) is 0 Å². The first-order chi connectivity index (χ1) is 7.97. The Hall–Kier alpha value is -0.120. The SMILES string of the molecule is COCC(CN)(C(C)C)N1CCC(C)CC1C. The summed E-state index contributed by atoms with van der Waals surface area (Å²) in [6.07, 6.45) is 2.56. The number of piperidine rings is 1. The highest BCUT2D eigenvalue weighted by molar-refractivity contribution is 4.98. The van der Waals surface area contributed by atoms with Crippen LogP contribution < -0.4 is 5.73 Å². The van der Waals surface area contributed by atoms with Crippen molar-refractivity contribution in [3.63, 3.8) is 0 Å². The van der Waals surface area contributed by atoms with Crippen LogP contribution in [-0.2, 0) is 4.74 Å². The second-order valence-electron chi connectivity index (χ2n) is 6.07. The van der Waals surface area contributed by atoms with Crippen molar-refractivity contribution in [3.05, 3.63) is 0 Å². The normalized spacial score (nSPS) is 30.5. The number of hydrogen-bond acceptors (Lipinski definition) is 3. The number of ether oxygens (including phenoxy) is 1. The number of methoxy groups -OCH3 is 1. The largest absolute Gasteiger partial charge is 0.383 e. The topological polar surface area (TPSA) is 38.5 Å². The highest BCUT2D eigenvalue weighted by Gasteiger charge is 2.42. The van der Waals surface area contributed by atoms with Crippen molar-refractivity contribution in [3.8, 4) is 0 Å². The van der Waals surface area contributed by atoms with Crippen molar-refractivity contribution in [2.24, 2.45) is 17.6 Å². The molecule has 1 rings (SSSR count). The van der Waals surface area contributed by atoms with E-state index >= 15 is 0 Å². The predicted octanol–water partition coefficient (Wildman–Crippen LogP) is 2.11. The molecule has 1 fully saturated rings. The van der Waals surface area contributed by atoms with Crippen molar-refractivity contribution < 1.29 is 4.74 Å². The molecule has 1 aliphatic heterocycles. The van der Waals surface area contributed by atoms with Crippen molar-refractivity contribution in [2.75, 3.05) is 26.8 Å². The maximum absolute atomic E-state index is 6.10. The summed E-state index contributed by atoms with van der Waals surface area (Å²) in [4.78, 5) is 2.60. The molecule has 3 atom stereocenters. The molecule has 0 radical (unpaired) electrons. The van der Waals surface area contributed by atoms with E-state index in [9.17, 15) is 0 Å². The van der Waals surface area contributed by atoms with Gasteiger partial charge in [-0.2, -0.15) is 0 Å². The van der Waals surface area contributed by atoms with Gasteiger partial charge in [0, 0.05) is 19.7 Å². The Morgan fingerprint density at radius 2 is 2.06 bits per heavy atom. The molecule has 17 heavy (non-hydrogen) atoms. The van der Waals surface area contributed by atoms with Gasteiger partial charge in [-0.1, -0.05) is 20.8 Å². The van der Waals surface area contributed by atoms with Gasteiger partial charge in [-0.25, -0.2) is 0 Å². The third-order valence-electron chi connectivity index (χ3n) is 4.53. The van der Waals surface area contributed by atoms with Crippen molar-refractivity contribution in [1.82, 2.24) is 4.90 Å². The van der Waals surface area contributed by atoms with Crippen molar-refractivity contribution in [1.29, 1.82) is 0 Å². The smallest absolute Gasteiger partial charge is 0.0661 e. The summed E-state index contributed by atoms with van der Waals surface area (Å²) in [5.74, 6) is 1.36. The summed E-state index contributed by atoms with van der Waals surface area (Å²) in [7, 11) is 1.78. The average Bonchev–Trinajstić information content (AvgIpc) is 2.26. The summed E-state index contributed by atoms with van der Waals surface area (Å²) >= 11 is 0. The first-order valence-electron chi connectivity index (χ1n) is 6.93. The quantitative estimate of drug-likeness (QED) is 0.802. The molecule has 0 aliphatic carbocycles. The Labute approximate surface area is 107 Å². The first-order valence-corrected chi connectivity index (χ1v) is 6.93. The first kappa shape index (κ1) is 14.9. The zero-order valence-electron chi connectivity index (χ0n) is 12.2. The molecule has 1 saturated heterocycles. The second-order valence-corrected chi connectivity index (χ2v) is 6.07. The van der Waals surface area contributed by atoms with Gasteiger partial charge in [0.25, 0.3) is 0 Å². The minimum atomic E-state index is 0.00824. The molecule has 2 N–H and O–H groups in total. The van der Waals surface area contributed by atoms with Gasteiger partial charge in [0.2, 0.25) is 0 Å². The Bertz CT molecular complexity index is 232. The van der Waals surface area contributed by atoms with Gasteiger partial charge in [-0.15, -0.1) is 0 Å². The van der Waals surface area contributed by atoms with Gasteiger partial charge in [-0.3, -0.25) is 4.90 Å². The van der Waals surface area contributed by atoms with Crippen LogP contribution in [0, 0.1) is 11.8 Å². The molecule has 0 spiro atoms. The molecule has 0 amide bonds. The molecule has 0 saturated carbocycles. The molecule has 0 aromatic heterocycles. The third kappa shape index (κ3) is 3.01. The summed E-state index contributed by atoms with van der Waals surface area (Å²) in [6.45, 7) is 11.8. The van der Waals surface area contributed by atoms with E-state index in [1.165, 1.54) is 12.8 Å². The number of likely N-dealkylation sites (tertiary alicyclic amines) is 1. The van der Waals surface area contributed by atoms with Crippen LogP contribution >= 0.6 is 0 Å². The lowest BCUT2D eigenvalue weighted by Crippen LogP contribution is -2.64. The summed E-state index contributed by atoms with van der Waals surface area (Å²) in [6, 6.07) is 0.611. The van der Waals surface area contributed by atoms with Gasteiger partial charge in [0.05, 0.1) is 12.1 Å². The van der Waals surface area contributed by atoms with Gasteiger partial charge in [0.15, 0.2) is 0 Å². The Balaban J connectivity index is 2.89. The number of nitrogens with zero attached hydrogens (tertiary/aromatic N) is 1. The zero-order valence-corrected chi connectivity index (χ0v) is 12.2. The molecule has 3 heteroatoms. The lowest BCUT2D eigenvalue weighted by molar-refractivity contribution is -0.0573. The van der Waals surface area contributed by atoms with E-state index in [4.69, 9.17) is 10.5 Å².